The number of benzene rings is 2. The standard InChI is InChI=1S/C27H32N2O6/c30-15-24(26(32)33)28-25(31)14-23(17-8-2-1-3-9-17)29-27(34)35-16-22-20-12-6-4-10-18(20)19-11-5-7-13-21(19)22/h4-7,10-13,17,22-24,30H,1-3,8-9,14-16H2,(H,28,31)(H,29,34)(H,32,33). The molecule has 35 heavy (non-hydrogen) atoms. The lowest BCUT2D eigenvalue weighted by molar-refractivity contribution is -0.143. The molecule has 0 bridgehead atoms. The molecule has 8 nitrogen and oxygen atoms in total. The normalized spacial score (nSPS) is 17.1. The Labute approximate surface area is 204 Å². The van der Waals surface area contributed by atoms with Crippen LogP contribution in [0.25, 0.3) is 11.1 Å². The Morgan fingerprint density at radius 2 is 1.51 bits per heavy atom. The average Bonchev–Trinajstić information content (AvgIpc) is 3.19. The molecule has 2 amide bonds. The Bertz CT molecular complexity index is 1020. The minimum atomic E-state index is -1.37. The van der Waals surface area contributed by atoms with Crippen molar-refractivity contribution in [2.75, 3.05) is 13.2 Å². The summed E-state index contributed by atoms with van der Waals surface area (Å²) in [6, 6.07) is 14.4. The van der Waals surface area contributed by atoms with E-state index in [4.69, 9.17) is 9.84 Å². The van der Waals surface area contributed by atoms with Crippen LogP contribution in [0.5, 0.6) is 0 Å². The number of carbonyl (C=O) groups is 3. The Morgan fingerprint density at radius 1 is 0.914 bits per heavy atom. The van der Waals surface area contributed by atoms with Gasteiger partial charge in [-0.25, -0.2) is 9.59 Å². The summed E-state index contributed by atoms with van der Waals surface area (Å²) in [7, 11) is 0. The predicted octanol–water partition coefficient (Wildman–Crippen LogP) is 3.43. The number of aliphatic hydroxyl groups excluding tert-OH is 1. The molecule has 0 spiro atoms. The summed E-state index contributed by atoms with van der Waals surface area (Å²) in [4.78, 5) is 36.5. The van der Waals surface area contributed by atoms with Crippen LogP contribution in [0.2, 0.25) is 0 Å². The third-order valence-corrected chi connectivity index (χ3v) is 7.09. The maximum atomic E-state index is 12.8. The molecule has 0 heterocycles. The molecule has 2 aliphatic rings. The lowest BCUT2D eigenvalue weighted by Crippen LogP contribution is -2.48. The lowest BCUT2D eigenvalue weighted by Gasteiger charge is -2.30. The molecule has 186 valence electrons. The largest absolute Gasteiger partial charge is 0.480 e. The number of amides is 2. The van der Waals surface area contributed by atoms with Gasteiger partial charge in [-0.05, 0) is 41.0 Å². The van der Waals surface area contributed by atoms with E-state index in [2.05, 4.69) is 34.9 Å². The van der Waals surface area contributed by atoms with Crippen LogP contribution in [0.15, 0.2) is 48.5 Å². The third-order valence-electron chi connectivity index (χ3n) is 7.09. The molecule has 2 aromatic rings. The number of aliphatic carboxylic acids is 1. The van der Waals surface area contributed by atoms with Gasteiger partial charge in [0.2, 0.25) is 5.91 Å². The number of hydrogen-bond acceptors (Lipinski definition) is 5. The van der Waals surface area contributed by atoms with E-state index in [1.54, 1.807) is 0 Å². The van der Waals surface area contributed by atoms with Crippen molar-refractivity contribution in [2.45, 2.75) is 56.5 Å². The molecule has 8 heteroatoms. The first-order valence-corrected chi connectivity index (χ1v) is 12.2. The van der Waals surface area contributed by atoms with Gasteiger partial charge in [-0.2, -0.15) is 0 Å². The molecule has 2 aromatic carbocycles. The number of carboxylic acids is 1. The molecule has 4 N–H and O–H groups in total. The number of carboxylic acid groups (broad SMARTS) is 1. The van der Waals surface area contributed by atoms with Crippen molar-refractivity contribution < 1.29 is 29.3 Å². The van der Waals surface area contributed by atoms with Gasteiger partial charge in [-0.3, -0.25) is 4.79 Å². The highest BCUT2D eigenvalue weighted by Gasteiger charge is 2.31. The van der Waals surface area contributed by atoms with Crippen LogP contribution in [-0.2, 0) is 14.3 Å². The maximum Gasteiger partial charge on any atom is 0.407 e. The van der Waals surface area contributed by atoms with E-state index in [1.807, 2.05) is 24.3 Å². The van der Waals surface area contributed by atoms with Crippen molar-refractivity contribution in [3.63, 3.8) is 0 Å². The number of ether oxygens (including phenoxy) is 1. The van der Waals surface area contributed by atoms with Crippen molar-refractivity contribution in [2.24, 2.45) is 5.92 Å². The highest BCUT2D eigenvalue weighted by atomic mass is 16.5. The van der Waals surface area contributed by atoms with Crippen molar-refractivity contribution in [1.29, 1.82) is 0 Å². The first-order valence-electron chi connectivity index (χ1n) is 12.2. The number of carbonyl (C=O) groups excluding carboxylic acids is 2. The van der Waals surface area contributed by atoms with Gasteiger partial charge in [0.15, 0.2) is 0 Å². The van der Waals surface area contributed by atoms with Crippen molar-refractivity contribution in [3.05, 3.63) is 59.7 Å². The van der Waals surface area contributed by atoms with Gasteiger partial charge in [0.1, 0.15) is 12.6 Å². The molecule has 0 aliphatic heterocycles. The monoisotopic (exact) mass is 480 g/mol. The zero-order valence-electron chi connectivity index (χ0n) is 19.6. The number of fused-ring (bicyclic) bond motifs is 3. The van der Waals surface area contributed by atoms with Gasteiger partial charge in [0.25, 0.3) is 0 Å². The summed E-state index contributed by atoms with van der Waals surface area (Å²) in [5.41, 5.74) is 4.53. The Hall–Kier alpha value is -3.39. The molecule has 2 unspecified atom stereocenters. The van der Waals surface area contributed by atoms with Gasteiger partial charge in [-0.1, -0.05) is 67.8 Å². The molecule has 0 saturated heterocycles. The quantitative estimate of drug-likeness (QED) is 0.436. The van der Waals surface area contributed by atoms with E-state index >= 15 is 0 Å². The summed E-state index contributed by atoms with van der Waals surface area (Å²) in [6.07, 6.45) is 4.25. The van der Waals surface area contributed by atoms with Crippen LogP contribution in [0, 0.1) is 5.92 Å². The van der Waals surface area contributed by atoms with Crippen LogP contribution >= 0.6 is 0 Å². The van der Waals surface area contributed by atoms with Gasteiger partial charge in [-0.15, -0.1) is 0 Å². The second-order valence-corrected chi connectivity index (χ2v) is 9.32. The average molecular weight is 481 g/mol. The first kappa shape index (κ1) is 24.7. The number of nitrogens with one attached hydrogen (secondary N) is 2. The smallest absolute Gasteiger partial charge is 0.407 e. The van der Waals surface area contributed by atoms with E-state index < -0.39 is 36.7 Å². The summed E-state index contributed by atoms with van der Waals surface area (Å²) in [5, 5.41) is 23.5. The van der Waals surface area contributed by atoms with Crippen LogP contribution in [-0.4, -0.2) is 53.5 Å². The summed E-state index contributed by atoms with van der Waals surface area (Å²) >= 11 is 0. The molecule has 2 atom stereocenters. The highest BCUT2D eigenvalue weighted by molar-refractivity contribution is 5.84. The zero-order chi connectivity index (χ0) is 24.8. The molecule has 4 rings (SSSR count). The fourth-order valence-electron chi connectivity index (χ4n) is 5.30. The van der Waals surface area contributed by atoms with Crippen LogP contribution in [0.4, 0.5) is 4.79 Å². The first-order chi connectivity index (χ1) is 17.0. The van der Waals surface area contributed by atoms with Crippen LogP contribution < -0.4 is 10.6 Å². The van der Waals surface area contributed by atoms with E-state index in [0.717, 1.165) is 54.4 Å². The van der Waals surface area contributed by atoms with Crippen LogP contribution in [0.3, 0.4) is 0 Å². The summed E-state index contributed by atoms with van der Waals surface area (Å²) in [5.74, 6) is -1.79. The summed E-state index contributed by atoms with van der Waals surface area (Å²) in [6.45, 7) is -0.524. The van der Waals surface area contributed by atoms with Gasteiger partial charge >= 0.3 is 12.1 Å². The highest BCUT2D eigenvalue weighted by Crippen LogP contribution is 2.44. The topological polar surface area (TPSA) is 125 Å². The van der Waals surface area contributed by atoms with Gasteiger partial charge in [0, 0.05) is 18.4 Å². The second-order valence-electron chi connectivity index (χ2n) is 9.32. The van der Waals surface area contributed by atoms with Crippen molar-refractivity contribution in [3.8, 4) is 11.1 Å². The fourth-order valence-corrected chi connectivity index (χ4v) is 5.30. The fraction of sp³-hybridized carbons (Fsp3) is 0.444. The molecular weight excluding hydrogens is 448 g/mol. The minimum absolute atomic E-state index is 0.0644. The molecule has 0 aromatic heterocycles. The van der Waals surface area contributed by atoms with E-state index in [0.29, 0.717) is 0 Å². The minimum Gasteiger partial charge on any atom is -0.480 e. The Kier molecular flexibility index (Phi) is 8.02. The molecule has 0 radical (unpaired) electrons. The number of rotatable bonds is 9. The molecule has 1 saturated carbocycles. The van der Waals surface area contributed by atoms with Gasteiger partial charge < -0.3 is 25.6 Å². The van der Waals surface area contributed by atoms with Crippen molar-refractivity contribution >= 4 is 18.0 Å². The lowest BCUT2D eigenvalue weighted by atomic mass is 9.82. The molecule has 2 aliphatic carbocycles. The Balaban J connectivity index is 1.41. The third kappa shape index (κ3) is 5.82. The molecular formula is C27H32N2O6. The van der Waals surface area contributed by atoms with E-state index in [-0.39, 0.29) is 24.9 Å². The number of alkyl carbamates (subject to hydrolysis) is 1. The van der Waals surface area contributed by atoms with E-state index in [9.17, 15) is 19.5 Å². The predicted molar refractivity (Wildman–Crippen MR) is 130 cm³/mol. The number of hydrogen-bond donors (Lipinski definition) is 4. The van der Waals surface area contributed by atoms with Crippen molar-refractivity contribution in [1.82, 2.24) is 10.6 Å². The SMILES string of the molecule is O=C(CC(NC(=O)OCC1c2ccccc2-c2ccccc21)C1CCCCC1)NC(CO)C(=O)O. The van der Waals surface area contributed by atoms with Crippen LogP contribution in [0.1, 0.15) is 55.6 Å². The number of aliphatic hydroxyl groups is 1. The van der Waals surface area contributed by atoms with Gasteiger partial charge in [0.05, 0.1) is 6.61 Å². The second kappa shape index (κ2) is 11.4. The maximum absolute atomic E-state index is 12.8. The zero-order valence-corrected chi connectivity index (χ0v) is 19.6. The van der Waals surface area contributed by atoms with E-state index in [1.165, 1.54) is 0 Å². The molecule has 1 fully saturated rings. The summed E-state index contributed by atoms with van der Waals surface area (Å²) < 4.78 is 5.67. The Morgan fingerprint density at radius 3 is 2.09 bits per heavy atom.